The van der Waals surface area contributed by atoms with Crippen molar-refractivity contribution in [1.82, 2.24) is 4.57 Å². The van der Waals surface area contributed by atoms with Crippen molar-refractivity contribution in [2.75, 3.05) is 0 Å². The molecular formula is C15H14N2O. The average molecular weight is 238 g/mol. The normalized spacial score (nSPS) is 10.1. The molecule has 0 bridgehead atoms. The topological polar surface area (TPSA) is 45.8 Å². The predicted molar refractivity (Wildman–Crippen MR) is 69.6 cm³/mol. The van der Waals surface area contributed by atoms with E-state index >= 15 is 0 Å². The number of aryl methyl sites for hydroxylation is 1. The summed E-state index contributed by atoms with van der Waals surface area (Å²) < 4.78 is 2.06. The lowest BCUT2D eigenvalue weighted by atomic mass is 10.1. The number of benzene rings is 1. The van der Waals surface area contributed by atoms with Gasteiger partial charge in [-0.05, 0) is 31.5 Å². The van der Waals surface area contributed by atoms with Crippen LogP contribution in [0.2, 0.25) is 0 Å². The fourth-order valence-corrected chi connectivity index (χ4v) is 2.13. The summed E-state index contributed by atoms with van der Waals surface area (Å²) in [5, 5.41) is 9.07. The number of carbonyl (C=O) groups is 1. The standard InChI is InChI=1S/C15H14N2O/c1-11-7-15(10-18)12(2)17(11)9-14-6-4-3-5-13(14)8-16/h3-7,10H,9H2,1-2H3. The Morgan fingerprint density at radius 3 is 2.67 bits per heavy atom. The lowest BCUT2D eigenvalue weighted by molar-refractivity contribution is 0.112. The van der Waals surface area contributed by atoms with Gasteiger partial charge in [-0.15, -0.1) is 0 Å². The first-order chi connectivity index (χ1) is 8.67. The quantitative estimate of drug-likeness (QED) is 0.772. The van der Waals surface area contributed by atoms with Gasteiger partial charge < -0.3 is 4.57 Å². The molecule has 0 aliphatic heterocycles. The van der Waals surface area contributed by atoms with E-state index in [2.05, 4.69) is 10.6 Å². The number of hydrogen-bond acceptors (Lipinski definition) is 2. The highest BCUT2D eigenvalue weighted by Gasteiger charge is 2.10. The average Bonchev–Trinajstić information content (AvgIpc) is 2.66. The van der Waals surface area contributed by atoms with Gasteiger partial charge in [-0.1, -0.05) is 18.2 Å². The van der Waals surface area contributed by atoms with E-state index in [9.17, 15) is 4.79 Å². The van der Waals surface area contributed by atoms with Crippen LogP contribution < -0.4 is 0 Å². The largest absolute Gasteiger partial charge is 0.344 e. The molecule has 0 aliphatic rings. The number of aldehydes is 1. The Labute approximate surface area is 106 Å². The molecule has 3 heteroatoms. The number of hydrogen-bond donors (Lipinski definition) is 0. The molecule has 2 rings (SSSR count). The molecule has 0 atom stereocenters. The zero-order valence-electron chi connectivity index (χ0n) is 10.5. The molecule has 1 aromatic heterocycles. The van der Waals surface area contributed by atoms with Crippen LogP contribution in [0.4, 0.5) is 0 Å². The third-order valence-electron chi connectivity index (χ3n) is 3.21. The SMILES string of the molecule is Cc1cc(C=O)c(C)n1Cc1ccccc1C#N. The zero-order chi connectivity index (χ0) is 13.1. The minimum atomic E-state index is 0.620. The van der Waals surface area contributed by atoms with Crippen LogP contribution in [0.25, 0.3) is 0 Å². The molecule has 18 heavy (non-hydrogen) atoms. The van der Waals surface area contributed by atoms with E-state index in [4.69, 9.17) is 5.26 Å². The number of rotatable bonds is 3. The van der Waals surface area contributed by atoms with Crippen molar-refractivity contribution in [1.29, 1.82) is 5.26 Å². The summed E-state index contributed by atoms with van der Waals surface area (Å²) in [7, 11) is 0. The minimum Gasteiger partial charge on any atom is -0.344 e. The maximum Gasteiger partial charge on any atom is 0.151 e. The molecule has 1 heterocycles. The third kappa shape index (κ3) is 2.05. The van der Waals surface area contributed by atoms with E-state index in [1.807, 2.05) is 44.2 Å². The van der Waals surface area contributed by atoms with E-state index in [1.54, 1.807) is 0 Å². The molecule has 3 nitrogen and oxygen atoms in total. The molecular weight excluding hydrogens is 224 g/mol. The number of aromatic nitrogens is 1. The number of carbonyl (C=O) groups excluding carboxylic acids is 1. The van der Waals surface area contributed by atoms with Gasteiger partial charge in [0.25, 0.3) is 0 Å². The lowest BCUT2D eigenvalue weighted by Crippen LogP contribution is -2.05. The van der Waals surface area contributed by atoms with Crippen molar-refractivity contribution >= 4 is 6.29 Å². The monoisotopic (exact) mass is 238 g/mol. The van der Waals surface area contributed by atoms with Crippen molar-refractivity contribution in [3.63, 3.8) is 0 Å². The van der Waals surface area contributed by atoms with Gasteiger partial charge in [0.1, 0.15) is 0 Å². The van der Waals surface area contributed by atoms with Crippen LogP contribution in [0.5, 0.6) is 0 Å². The second-order valence-electron chi connectivity index (χ2n) is 4.30. The summed E-state index contributed by atoms with van der Waals surface area (Å²) in [6.07, 6.45) is 0.870. The third-order valence-corrected chi connectivity index (χ3v) is 3.21. The molecule has 0 aliphatic carbocycles. The van der Waals surface area contributed by atoms with Gasteiger partial charge in [0.05, 0.1) is 11.6 Å². The van der Waals surface area contributed by atoms with E-state index in [-0.39, 0.29) is 0 Å². The van der Waals surface area contributed by atoms with Gasteiger partial charge in [-0.3, -0.25) is 4.79 Å². The maximum atomic E-state index is 10.9. The van der Waals surface area contributed by atoms with Crippen LogP contribution in [0.3, 0.4) is 0 Å². The first-order valence-corrected chi connectivity index (χ1v) is 5.77. The summed E-state index contributed by atoms with van der Waals surface area (Å²) in [5.74, 6) is 0. The van der Waals surface area contributed by atoms with Crippen LogP contribution in [-0.2, 0) is 6.54 Å². The van der Waals surface area contributed by atoms with Crippen LogP contribution in [0.1, 0.15) is 32.9 Å². The molecule has 2 aromatic rings. The minimum absolute atomic E-state index is 0.620. The van der Waals surface area contributed by atoms with E-state index in [1.165, 1.54) is 0 Å². The Balaban J connectivity index is 2.44. The smallest absolute Gasteiger partial charge is 0.151 e. The Morgan fingerprint density at radius 1 is 1.33 bits per heavy atom. The van der Waals surface area contributed by atoms with Gasteiger partial charge in [-0.2, -0.15) is 5.26 Å². The molecule has 1 aromatic carbocycles. The van der Waals surface area contributed by atoms with E-state index in [0.717, 1.165) is 23.2 Å². The molecule has 0 radical (unpaired) electrons. The number of nitrogens with zero attached hydrogens (tertiary/aromatic N) is 2. The fourth-order valence-electron chi connectivity index (χ4n) is 2.13. The van der Waals surface area contributed by atoms with Gasteiger partial charge in [0, 0.05) is 23.5 Å². The molecule has 0 unspecified atom stereocenters. The second-order valence-corrected chi connectivity index (χ2v) is 4.30. The summed E-state index contributed by atoms with van der Waals surface area (Å²) >= 11 is 0. The Kier molecular flexibility index (Phi) is 3.29. The van der Waals surface area contributed by atoms with Gasteiger partial charge in [0.2, 0.25) is 0 Å². The predicted octanol–water partition coefficient (Wildman–Crippen LogP) is 2.84. The molecule has 0 N–H and O–H groups in total. The molecule has 0 saturated carbocycles. The highest BCUT2D eigenvalue weighted by Crippen LogP contribution is 2.17. The first kappa shape index (κ1) is 12.1. The van der Waals surface area contributed by atoms with Crippen molar-refractivity contribution in [2.45, 2.75) is 20.4 Å². The summed E-state index contributed by atoms with van der Waals surface area (Å²) in [4.78, 5) is 10.9. The molecule has 0 fully saturated rings. The molecule has 0 saturated heterocycles. The Hall–Kier alpha value is -2.34. The molecule has 0 amide bonds. The Bertz CT molecular complexity index is 632. The van der Waals surface area contributed by atoms with E-state index in [0.29, 0.717) is 17.7 Å². The fraction of sp³-hybridized carbons (Fsp3) is 0.200. The highest BCUT2D eigenvalue weighted by molar-refractivity contribution is 5.77. The van der Waals surface area contributed by atoms with Crippen molar-refractivity contribution in [3.8, 4) is 6.07 Å². The van der Waals surface area contributed by atoms with Gasteiger partial charge >= 0.3 is 0 Å². The maximum absolute atomic E-state index is 10.9. The van der Waals surface area contributed by atoms with Gasteiger partial charge in [0.15, 0.2) is 6.29 Å². The van der Waals surface area contributed by atoms with Crippen molar-refractivity contribution in [2.24, 2.45) is 0 Å². The van der Waals surface area contributed by atoms with Crippen LogP contribution >= 0.6 is 0 Å². The number of nitriles is 1. The summed E-state index contributed by atoms with van der Waals surface area (Å²) in [5.41, 5.74) is 4.33. The van der Waals surface area contributed by atoms with Crippen molar-refractivity contribution in [3.05, 3.63) is 58.4 Å². The summed E-state index contributed by atoms with van der Waals surface area (Å²) in [6.45, 7) is 4.51. The van der Waals surface area contributed by atoms with Gasteiger partial charge in [-0.25, -0.2) is 0 Å². The zero-order valence-corrected chi connectivity index (χ0v) is 10.5. The van der Waals surface area contributed by atoms with Crippen LogP contribution in [0, 0.1) is 25.2 Å². The molecule has 90 valence electrons. The van der Waals surface area contributed by atoms with Crippen molar-refractivity contribution < 1.29 is 4.79 Å². The summed E-state index contributed by atoms with van der Waals surface area (Å²) in [6, 6.07) is 11.6. The van der Waals surface area contributed by atoms with Crippen LogP contribution in [-0.4, -0.2) is 10.9 Å². The molecule has 0 spiro atoms. The Morgan fingerprint density at radius 2 is 2.06 bits per heavy atom. The van der Waals surface area contributed by atoms with E-state index < -0.39 is 0 Å². The van der Waals surface area contributed by atoms with Crippen LogP contribution in [0.15, 0.2) is 30.3 Å². The first-order valence-electron chi connectivity index (χ1n) is 5.77. The second kappa shape index (κ2) is 4.89. The highest BCUT2D eigenvalue weighted by atomic mass is 16.1. The lowest BCUT2D eigenvalue weighted by Gasteiger charge is -2.10.